The van der Waals surface area contributed by atoms with Crippen molar-refractivity contribution in [2.45, 2.75) is 13.8 Å². The third-order valence-electron chi connectivity index (χ3n) is 3.29. The van der Waals surface area contributed by atoms with Crippen molar-refractivity contribution in [3.05, 3.63) is 53.9 Å². The summed E-state index contributed by atoms with van der Waals surface area (Å²) in [7, 11) is 1.80. The molecule has 4 heteroatoms. The fourth-order valence-electron chi connectivity index (χ4n) is 2.22. The molecule has 0 spiro atoms. The topological polar surface area (TPSA) is 45.2 Å². The van der Waals surface area contributed by atoms with E-state index in [0.29, 0.717) is 12.1 Å². The molecule has 2 rings (SSSR count). The largest absolute Gasteiger partial charge is 0.387 e. The monoisotopic (exact) mass is 269 g/mol. The molecule has 0 aliphatic carbocycles. The van der Waals surface area contributed by atoms with Gasteiger partial charge < -0.3 is 10.2 Å². The summed E-state index contributed by atoms with van der Waals surface area (Å²) in [4.78, 5) is 18.6. The second kappa shape index (κ2) is 6.19. The van der Waals surface area contributed by atoms with Crippen LogP contribution >= 0.6 is 0 Å². The lowest BCUT2D eigenvalue weighted by molar-refractivity contribution is 0.0988. The van der Waals surface area contributed by atoms with Crippen molar-refractivity contribution in [2.75, 3.05) is 23.8 Å². The van der Waals surface area contributed by atoms with Crippen molar-refractivity contribution in [1.82, 2.24) is 4.98 Å². The highest BCUT2D eigenvalue weighted by Crippen LogP contribution is 2.23. The first-order chi connectivity index (χ1) is 9.69. The highest BCUT2D eigenvalue weighted by Gasteiger charge is 2.20. The fraction of sp³-hybridized carbons (Fsp3) is 0.250. The van der Waals surface area contributed by atoms with Gasteiger partial charge in [-0.3, -0.25) is 9.78 Å². The second-order valence-corrected chi connectivity index (χ2v) is 4.51. The molecule has 1 aromatic carbocycles. The summed E-state index contributed by atoms with van der Waals surface area (Å²) in [5.74, 6) is -0.0424. The Morgan fingerprint density at radius 2 is 2.05 bits per heavy atom. The maximum atomic E-state index is 12.8. The summed E-state index contributed by atoms with van der Waals surface area (Å²) < 4.78 is 0. The molecule has 1 heterocycles. The average molecular weight is 269 g/mol. The summed E-state index contributed by atoms with van der Waals surface area (Å²) in [5, 5.41) is 3.03. The molecule has 0 aliphatic heterocycles. The van der Waals surface area contributed by atoms with E-state index in [2.05, 4.69) is 10.3 Å². The van der Waals surface area contributed by atoms with Gasteiger partial charge in [-0.15, -0.1) is 0 Å². The number of para-hydroxylation sites is 1. The van der Waals surface area contributed by atoms with Crippen LogP contribution in [0.15, 0.2) is 42.7 Å². The molecule has 0 fully saturated rings. The third-order valence-corrected chi connectivity index (χ3v) is 3.29. The molecule has 0 atom stereocenters. The number of pyridine rings is 1. The second-order valence-electron chi connectivity index (χ2n) is 4.51. The minimum absolute atomic E-state index is 0.0424. The van der Waals surface area contributed by atoms with Gasteiger partial charge in [0.25, 0.3) is 5.91 Å². The molecule has 2 aromatic rings. The predicted molar refractivity (Wildman–Crippen MR) is 82.3 cm³/mol. The van der Waals surface area contributed by atoms with Gasteiger partial charge >= 0.3 is 0 Å². The molecular weight excluding hydrogens is 250 g/mol. The molecule has 0 bridgehead atoms. The maximum Gasteiger partial charge on any atom is 0.261 e. The molecule has 0 saturated heterocycles. The molecule has 1 amide bonds. The summed E-state index contributed by atoms with van der Waals surface area (Å²) in [5.41, 5.74) is 3.39. The number of rotatable bonds is 4. The van der Waals surface area contributed by atoms with E-state index in [1.807, 2.05) is 38.1 Å². The van der Waals surface area contributed by atoms with Gasteiger partial charge in [-0.2, -0.15) is 0 Å². The highest BCUT2D eigenvalue weighted by molar-refractivity contribution is 6.09. The number of anilines is 2. The summed E-state index contributed by atoms with van der Waals surface area (Å²) in [6.45, 7) is 4.59. The number of carbonyl (C=O) groups excluding carboxylic acids is 1. The van der Waals surface area contributed by atoms with Crippen LogP contribution in [0.3, 0.4) is 0 Å². The van der Waals surface area contributed by atoms with Crippen LogP contribution in [0, 0.1) is 6.92 Å². The van der Waals surface area contributed by atoms with Crippen molar-refractivity contribution < 1.29 is 4.79 Å². The van der Waals surface area contributed by atoms with E-state index in [1.165, 1.54) is 0 Å². The van der Waals surface area contributed by atoms with Crippen molar-refractivity contribution in [2.24, 2.45) is 0 Å². The van der Waals surface area contributed by atoms with Gasteiger partial charge in [0.15, 0.2) is 0 Å². The lowest BCUT2D eigenvalue weighted by Crippen LogP contribution is -2.31. The Kier molecular flexibility index (Phi) is 4.35. The SMILES string of the molecule is CCN(C(=O)c1cnccc1NC)c1ccccc1C. The van der Waals surface area contributed by atoms with Crippen LogP contribution in [-0.2, 0) is 0 Å². The number of nitrogens with one attached hydrogen (secondary N) is 1. The van der Waals surface area contributed by atoms with Gasteiger partial charge in [-0.05, 0) is 31.5 Å². The number of hydrogen-bond donors (Lipinski definition) is 1. The third kappa shape index (κ3) is 2.64. The molecule has 104 valence electrons. The number of benzene rings is 1. The fourth-order valence-corrected chi connectivity index (χ4v) is 2.22. The first-order valence-electron chi connectivity index (χ1n) is 6.68. The quantitative estimate of drug-likeness (QED) is 0.927. The maximum absolute atomic E-state index is 12.8. The lowest BCUT2D eigenvalue weighted by atomic mass is 10.1. The van der Waals surface area contributed by atoms with Crippen LogP contribution in [0.25, 0.3) is 0 Å². The van der Waals surface area contributed by atoms with Crippen LogP contribution < -0.4 is 10.2 Å². The Morgan fingerprint density at radius 1 is 1.30 bits per heavy atom. The van der Waals surface area contributed by atoms with Gasteiger partial charge in [-0.25, -0.2) is 0 Å². The van der Waals surface area contributed by atoms with E-state index in [4.69, 9.17) is 0 Å². The zero-order chi connectivity index (χ0) is 14.5. The van der Waals surface area contributed by atoms with Gasteiger partial charge in [0.1, 0.15) is 0 Å². The zero-order valence-electron chi connectivity index (χ0n) is 12.1. The zero-order valence-corrected chi connectivity index (χ0v) is 12.1. The normalized spacial score (nSPS) is 10.2. The first-order valence-corrected chi connectivity index (χ1v) is 6.68. The first kappa shape index (κ1) is 14.1. The molecule has 4 nitrogen and oxygen atoms in total. The highest BCUT2D eigenvalue weighted by atomic mass is 16.2. The van der Waals surface area contributed by atoms with E-state index in [0.717, 1.165) is 16.9 Å². The van der Waals surface area contributed by atoms with E-state index < -0.39 is 0 Å². The molecule has 0 radical (unpaired) electrons. The molecule has 1 aromatic heterocycles. The smallest absolute Gasteiger partial charge is 0.261 e. The molecule has 1 N–H and O–H groups in total. The van der Waals surface area contributed by atoms with E-state index in [-0.39, 0.29) is 5.91 Å². The number of carbonyl (C=O) groups is 1. The number of amides is 1. The molecule has 0 aliphatic rings. The van der Waals surface area contributed by atoms with Crippen molar-refractivity contribution in [3.63, 3.8) is 0 Å². The number of aromatic nitrogens is 1. The van der Waals surface area contributed by atoms with E-state index >= 15 is 0 Å². The molecule has 20 heavy (non-hydrogen) atoms. The Balaban J connectivity index is 2.42. The minimum Gasteiger partial charge on any atom is -0.387 e. The number of nitrogens with zero attached hydrogens (tertiary/aromatic N) is 2. The van der Waals surface area contributed by atoms with E-state index in [1.54, 1.807) is 30.4 Å². The Morgan fingerprint density at radius 3 is 2.70 bits per heavy atom. The molecule has 0 unspecified atom stereocenters. The van der Waals surface area contributed by atoms with Crippen molar-refractivity contribution in [1.29, 1.82) is 0 Å². The van der Waals surface area contributed by atoms with Crippen molar-refractivity contribution >= 4 is 17.3 Å². The predicted octanol–water partition coefficient (Wildman–Crippen LogP) is 3.10. The number of hydrogen-bond acceptors (Lipinski definition) is 3. The van der Waals surface area contributed by atoms with E-state index in [9.17, 15) is 4.79 Å². The summed E-state index contributed by atoms with van der Waals surface area (Å²) in [6.07, 6.45) is 3.28. The van der Waals surface area contributed by atoms with Crippen LogP contribution in [0.5, 0.6) is 0 Å². The van der Waals surface area contributed by atoms with Crippen LogP contribution in [0.2, 0.25) is 0 Å². The summed E-state index contributed by atoms with van der Waals surface area (Å²) >= 11 is 0. The van der Waals surface area contributed by atoms with Crippen LogP contribution in [0.4, 0.5) is 11.4 Å². The van der Waals surface area contributed by atoms with Gasteiger partial charge in [0.05, 0.1) is 5.56 Å². The number of aryl methyl sites for hydroxylation is 1. The molecule has 0 saturated carbocycles. The minimum atomic E-state index is -0.0424. The Bertz CT molecular complexity index is 610. The summed E-state index contributed by atoms with van der Waals surface area (Å²) in [6, 6.07) is 9.69. The lowest BCUT2D eigenvalue weighted by Gasteiger charge is -2.23. The van der Waals surface area contributed by atoms with Gasteiger partial charge in [0, 0.05) is 37.4 Å². The Hall–Kier alpha value is -2.36. The standard InChI is InChI=1S/C16H19N3O/c1-4-19(15-8-6-5-7-12(15)2)16(20)13-11-18-10-9-14(13)17-3/h5-11H,4H2,1-3H3,(H,17,18). The average Bonchev–Trinajstić information content (AvgIpc) is 2.49. The van der Waals surface area contributed by atoms with Crippen LogP contribution in [-0.4, -0.2) is 24.5 Å². The Labute approximate surface area is 119 Å². The van der Waals surface area contributed by atoms with Gasteiger partial charge in [-0.1, -0.05) is 18.2 Å². The molecular formula is C16H19N3O. The van der Waals surface area contributed by atoms with Gasteiger partial charge in [0.2, 0.25) is 0 Å². The van der Waals surface area contributed by atoms with Crippen LogP contribution in [0.1, 0.15) is 22.8 Å². The van der Waals surface area contributed by atoms with Crippen molar-refractivity contribution in [3.8, 4) is 0 Å².